The van der Waals surface area contributed by atoms with Gasteiger partial charge >= 0.3 is 6.18 Å². The number of carbonyl (C=O) groups is 1. The van der Waals surface area contributed by atoms with Crippen molar-refractivity contribution in [2.75, 3.05) is 26.2 Å². The summed E-state index contributed by atoms with van der Waals surface area (Å²) in [5.74, 6) is -0.252. The Kier molecular flexibility index (Phi) is 5.19. The average Bonchev–Trinajstić information content (AvgIpc) is 3.21. The zero-order valence-electron chi connectivity index (χ0n) is 18.9. The molecule has 2 bridgehead atoms. The first-order valence-electron chi connectivity index (χ1n) is 11.1. The van der Waals surface area contributed by atoms with Gasteiger partial charge in [-0.15, -0.1) is 0 Å². The number of nitrogens with two attached hydrogens (primary N) is 1. The minimum Gasteiger partial charge on any atom is -0.370 e. The third-order valence-electron chi connectivity index (χ3n) is 7.07. The van der Waals surface area contributed by atoms with Crippen LogP contribution in [-0.2, 0) is 4.74 Å². The largest absolute Gasteiger partial charge is 0.408 e. The number of aliphatic hydroxyl groups excluding tert-OH is 1. The predicted molar refractivity (Wildman–Crippen MR) is 115 cm³/mol. The Balaban J connectivity index is 1.51. The number of carbonyl (C=O) groups excluding carboxylic acids is 1. The summed E-state index contributed by atoms with van der Waals surface area (Å²) in [5, 5.41) is 10.8. The van der Waals surface area contributed by atoms with Crippen LogP contribution in [0.1, 0.15) is 35.8 Å². The van der Waals surface area contributed by atoms with Gasteiger partial charge in [0.05, 0.1) is 25.2 Å². The van der Waals surface area contributed by atoms with E-state index >= 15 is 0 Å². The van der Waals surface area contributed by atoms with E-state index in [0.717, 1.165) is 4.90 Å². The van der Waals surface area contributed by atoms with Crippen molar-refractivity contribution in [3.05, 3.63) is 41.5 Å². The van der Waals surface area contributed by atoms with Crippen molar-refractivity contribution in [1.82, 2.24) is 19.7 Å². The van der Waals surface area contributed by atoms with Gasteiger partial charge in [0.2, 0.25) is 5.96 Å². The van der Waals surface area contributed by atoms with E-state index in [1.165, 1.54) is 17.2 Å². The minimum absolute atomic E-state index is 0.0498. The maximum absolute atomic E-state index is 14.1. The Morgan fingerprint density at radius 1 is 1.41 bits per heavy atom. The molecule has 4 atom stereocenters. The summed E-state index contributed by atoms with van der Waals surface area (Å²) in [5.41, 5.74) is 5.61. The number of rotatable bonds is 4. The average molecular weight is 480 g/mol. The van der Waals surface area contributed by atoms with Crippen molar-refractivity contribution in [2.45, 2.75) is 56.4 Å². The van der Waals surface area contributed by atoms with Crippen LogP contribution in [0.5, 0.6) is 0 Å². The molecule has 2 unspecified atom stereocenters. The summed E-state index contributed by atoms with van der Waals surface area (Å²) in [6, 6.07) is 1.20. The number of aliphatic hydroxyl groups is 1. The van der Waals surface area contributed by atoms with Gasteiger partial charge in [0, 0.05) is 36.5 Å². The number of aliphatic imine (C=N–C) groups is 1. The third-order valence-corrected chi connectivity index (χ3v) is 7.07. The smallest absolute Gasteiger partial charge is 0.370 e. The number of pyridine rings is 1. The van der Waals surface area contributed by atoms with Gasteiger partial charge in [-0.1, -0.05) is 0 Å². The fourth-order valence-electron chi connectivity index (χ4n) is 5.39. The lowest BCUT2D eigenvalue weighted by molar-refractivity contribution is -0.182. The van der Waals surface area contributed by atoms with E-state index in [2.05, 4.69) is 9.98 Å². The third kappa shape index (κ3) is 3.73. The van der Waals surface area contributed by atoms with Gasteiger partial charge in [0.25, 0.3) is 0 Å². The fourth-order valence-corrected chi connectivity index (χ4v) is 5.39. The molecule has 0 spiro atoms. The number of morpholine rings is 1. The van der Waals surface area contributed by atoms with Gasteiger partial charge in [0.15, 0.2) is 12.0 Å². The summed E-state index contributed by atoms with van der Waals surface area (Å²) >= 11 is 0. The van der Waals surface area contributed by atoms with E-state index < -0.39 is 42.0 Å². The van der Waals surface area contributed by atoms with Crippen molar-refractivity contribution in [3.63, 3.8) is 0 Å². The number of hydrogen-bond acceptors (Lipinski definition) is 9. The molecule has 12 heteroatoms. The number of alkyl halides is 3. The first-order chi connectivity index (χ1) is 15.9. The molecule has 0 radical (unpaired) electrons. The molecule has 0 amide bonds. The van der Waals surface area contributed by atoms with Gasteiger partial charge in [-0.2, -0.15) is 18.2 Å². The molecule has 9 nitrogen and oxygen atoms in total. The number of likely N-dealkylation sites (tertiary alicyclic amines) is 1. The lowest BCUT2D eigenvalue weighted by atomic mass is 10.0. The number of fused-ring (bicyclic) bond motifs is 3. The number of halogens is 3. The molecule has 0 saturated carbocycles. The zero-order chi connectivity index (χ0) is 24.5. The number of guanidine groups is 1. The summed E-state index contributed by atoms with van der Waals surface area (Å²) in [6.07, 6.45) is -2.51. The zero-order valence-corrected chi connectivity index (χ0v) is 18.9. The molecule has 1 aromatic rings. The van der Waals surface area contributed by atoms with Crippen molar-refractivity contribution in [1.29, 1.82) is 0 Å². The van der Waals surface area contributed by atoms with E-state index in [1.807, 2.05) is 11.8 Å². The van der Waals surface area contributed by atoms with Crippen LogP contribution in [0.3, 0.4) is 0 Å². The van der Waals surface area contributed by atoms with Crippen LogP contribution in [0.4, 0.5) is 13.2 Å². The minimum atomic E-state index is -4.58. The van der Waals surface area contributed by atoms with E-state index in [1.54, 1.807) is 19.1 Å². The van der Waals surface area contributed by atoms with Crippen LogP contribution in [0.15, 0.2) is 35.2 Å². The second-order valence-corrected chi connectivity index (χ2v) is 9.69. The Morgan fingerprint density at radius 3 is 2.79 bits per heavy atom. The molecule has 0 aromatic carbocycles. The number of ketones is 1. The number of nitrogens with zero attached hydrogens (tertiary/aromatic N) is 5. The lowest BCUT2D eigenvalue weighted by Crippen LogP contribution is -2.64. The highest BCUT2D eigenvalue weighted by Gasteiger charge is 2.58. The van der Waals surface area contributed by atoms with Gasteiger partial charge in [-0.25, -0.2) is 0 Å². The molecule has 34 heavy (non-hydrogen) atoms. The lowest BCUT2D eigenvalue weighted by Gasteiger charge is -2.48. The highest BCUT2D eigenvalue weighted by molar-refractivity contribution is 6.00. The maximum atomic E-state index is 14.1. The molecular formula is C22H27F3N6O3. The SMILES string of the molecule is Cc1ncccc1C(=O)CN1C2=NC(N3C[C@]4(N)CC3(C)CO4)=CC(O)N2CC[C@H]1C(F)(F)F. The number of Topliss-reactive ketones (excluding diaryl/α,β-unsaturated/α-hetero) is 1. The standard InChI is InChI=1S/C22H27F3N6O3/c1-13-14(4-3-6-27-13)15(32)9-30-16(22(23,24)25)5-7-29-18(33)8-17(28-19(29)30)31-11-21(26)10-20(31,2)12-34-21/h3-4,6,8,16,18,33H,5,7,9-12,26H2,1-2H3/t16-,18?,20?,21-/m0/s1. The Morgan fingerprint density at radius 2 is 2.18 bits per heavy atom. The first kappa shape index (κ1) is 23.1. The summed E-state index contributed by atoms with van der Waals surface area (Å²) in [4.78, 5) is 25.9. The molecule has 3 fully saturated rings. The van der Waals surface area contributed by atoms with Gasteiger partial charge < -0.3 is 30.3 Å². The van der Waals surface area contributed by atoms with Crippen molar-refractivity contribution in [3.8, 4) is 0 Å². The Labute approximate surface area is 194 Å². The molecule has 4 aliphatic heterocycles. The maximum Gasteiger partial charge on any atom is 0.408 e. The quantitative estimate of drug-likeness (QED) is 0.619. The van der Waals surface area contributed by atoms with E-state index in [9.17, 15) is 23.1 Å². The molecule has 3 saturated heterocycles. The Hall–Kier alpha value is -2.70. The first-order valence-corrected chi connectivity index (χ1v) is 11.1. The fraction of sp³-hybridized carbons (Fsp3) is 0.591. The Bertz CT molecular complexity index is 1080. The van der Waals surface area contributed by atoms with Crippen molar-refractivity contribution in [2.24, 2.45) is 10.7 Å². The van der Waals surface area contributed by atoms with Crippen LogP contribution in [-0.4, -0.2) is 92.5 Å². The van der Waals surface area contributed by atoms with E-state index in [-0.39, 0.29) is 24.5 Å². The number of ether oxygens (including phenoxy) is 1. The molecule has 1 aromatic heterocycles. The molecule has 0 aliphatic carbocycles. The highest BCUT2D eigenvalue weighted by atomic mass is 19.4. The monoisotopic (exact) mass is 480 g/mol. The topological polar surface area (TPSA) is 108 Å². The van der Waals surface area contributed by atoms with Gasteiger partial charge in [-0.05, 0) is 32.4 Å². The van der Waals surface area contributed by atoms with E-state index in [0.29, 0.717) is 31.1 Å². The number of hydrogen-bond donors (Lipinski definition) is 2. The highest BCUT2D eigenvalue weighted by Crippen LogP contribution is 2.45. The summed E-state index contributed by atoms with van der Waals surface area (Å²) in [7, 11) is 0. The van der Waals surface area contributed by atoms with Crippen LogP contribution in [0.2, 0.25) is 0 Å². The van der Waals surface area contributed by atoms with Crippen LogP contribution in [0, 0.1) is 6.92 Å². The van der Waals surface area contributed by atoms with Gasteiger partial charge in [-0.3, -0.25) is 9.78 Å². The van der Waals surface area contributed by atoms with Crippen LogP contribution in [0.25, 0.3) is 0 Å². The second-order valence-electron chi connectivity index (χ2n) is 9.69. The second kappa shape index (κ2) is 7.65. The van der Waals surface area contributed by atoms with Crippen molar-refractivity contribution < 1.29 is 27.8 Å². The van der Waals surface area contributed by atoms with Crippen molar-refractivity contribution >= 4 is 11.7 Å². The number of aryl methyl sites for hydroxylation is 1. The van der Waals surface area contributed by atoms with Crippen LogP contribution < -0.4 is 5.73 Å². The molecule has 3 N–H and O–H groups in total. The van der Waals surface area contributed by atoms with Crippen LogP contribution >= 0.6 is 0 Å². The summed E-state index contributed by atoms with van der Waals surface area (Å²) in [6.45, 7) is 3.63. The number of aromatic nitrogens is 1. The molecule has 184 valence electrons. The normalized spacial score (nSPS) is 33.1. The molecular weight excluding hydrogens is 453 g/mol. The molecule has 5 heterocycles. The molecule has 5 rings (SSSR count). The molecule has 4 aliphatic rings. The van der Waals surface area contributed by atoms with Gasteiger partial charge in [0.1, 0.15) is 17.6 Å². The predicted octanol–water partition coefficient (Wildman–Crippen LogP) is 1.19. The van der Waals surface area contributed by atoms with E-state index in [4.69, 9.17) is 10.5 Å². The summed E-state index contributed by atoms with van der Waals surface area (Å²) < 4.78 is 47.8.